The average molecular weight is 461 g/mol. The SMILES string of the molecule is CCCCCCN(CCCCCC)C(=O)Cn1cc(-c2ccccc2)c(=O)c2c(C)cccc21. The number of amides is 1. The molecule has 0 aliphatic rings. The van der Waals surface area contributed by atoms with Gasteiger partial charge < -0.3 is 9.47 Å². The summed E-state index contributed by atoms with van der Waals surface area (Å²) >= 11 is 0. The second-order valence-electron chi connectivity index (χ2n) is 9.34. The van der Waals surface area contributed by atoms with Crippen molar-refractivity contribution in [2.45, 2.75) is 78.7 Å². The molecule has 0 fully saturated rings. The van der Waals surface area contributed by atoms with Crippen LogP contribution in [0.4, 0.5) is 0 Å². The Balaban J connectivity index is 1.92. The fourth-order valence-electron chi connectivity index (χ4n) is 4.63. The first-order chi connectivity index (χ1) is 16.6. The molecule has 3 aromatic rings. The van der Waals surface area contributed by atoms with E-state index in [9.17, 15) is 9.59 Å². The van der Waals surface area contributed by atoms with Gasteiger partial charge in [-0.25, -0.2) is 0 Å². The van der Waals surface area contributed by atoms with Gasteiger partial charge in [0.2, 0.25) is 5.91 Å². The molecule has 0 spiro atoms. The molecule has 0 aliphatic carbocycles. The lowest BCUT2D eigenvalue weighted by Gasteiger charge is -2.24. The van der Waals surface area contributed by atoms with Crippen LogP contribution < -0.4 is 5.43 Å². The Hall–Kier alpha value is -2.88. The van der Waals surface area contributed by atoms with Crippen molar-refractivity contribution in [3.63, 3.8) is 0 Å². The molecule has 0 aliphatic heterocycles. The van der Waals surface area contributed by atoms with Crippen LogP contribution in [0.5, 0.6) is 0 Å². The molecule has 0 saturated heterocycles. The van der Waals surface area contributed by atoms with Crippen LogP contribution in [0.25, 0.3) is 22.0 Å². The summed E-state index contributed by atoms with van der Waals surface area (Å²) in [7, 11) is 0. The molecule has 3 rings (SSSR count). The smallest absolute Gasteiger partial charge is 0.242 e. The highest BCUT2D eigenvalue weighted by Gasteiger charge is 2.17. The van der Waals surface area contributed by atoms with Gasteiger partial charge in [-0.05, 0) is 37.0 Å². The van der Waals surface area contributed by atoms with Crippen LogP contribution >= 0.6 is 0 Å². The largest absolute Gasteiger partial charge is 0.341 e. The molecule has 0 radical (unpaired) electrons. The Morgan fingerprint density at radius 1 is 0.824 bits per heavy atom. The van der Waals surface area contributed by atoms with Crippen molar-refractivity contribution in [3.8, 4) is 11.1 Å². The van der Waals surface area contributed by atoms with Gasteiger partial charge in [0.1, 0.15) is 6.54 Å². The third kappa shape index (κ3) is 6.59. The van der Waals surface area contributed by atoms with Gasteiger partial charge in [0, 0.05) is 30.2 Å². The van der Waals surface area contributed by atoms with Gasteiger partial charge in [-0.15, -0.1) is 0 Å². The zero-order valence-electron chi connectivity index (χ0n) is 21.2. The van der Waals surface area contributed by atoms with Gasteiger partial charge in [0.05, 0.1) is 5.52 Å². The molecular formula is C30H40N2O2. The maximum absolute atomic E-state index is 13.5. The number of fused-ring (bicyclic) bond motifs is 1. The highest BCUT2D eigenvalue weighted by molar-refractivity contribution is 5.88. The van der Waals surface area contributed by atoms with E-state index in [-0.39, 0.29) is 17.9 Å². The van der Waals surface area contributed by atoms with E-state index in [0.29, 0.717) is 10.9 Å². The summed E-state index contributed by atoms with van der Waals surface area (Å²) in [5.74, 6) is 0.137. The number of unbranched alkanes of at least 4 members (excludes halogenated alkanes) is 6. The van der Waals surface area contributed by atoms with Crippen LogP contribution in [-0.2, 0) is 11.3 Å². The Bertz CT molecular complexity index is 1110. The number of benzene rings is 2. The zero-order chi connectivity index (χ0) is 24.3. The molecule has 4 heteroatoms. The molecule has 0 N–H and O–H groups in total. The number of rotatable bonds is 13. The lowest BCUT2D eigenvalue weighted by atomic mass is 10.0. The Labute approximate surface area is 204 Å². The average Bonchev–Trinajstić information content (AvgIpc) is 2.85. The van der Waals surface area contributed by atoms with E-state index >= 15 is 0 Å². The fourth-order valence-corrected chi connectivity index (χ4v) is 4.63. The van der Waals surface area contributed by atoms with E-state index in [1.54, 1.807) is 0 Å². The van der Waals surface area contributed by atoms with E-state index in [4.69, 9.17) is 0 Å². The van der Waals surface area contributed by atoms with Crippen molar-refractivity contribution >= 4 is 16.8 Å². The van der Waals surface area contributed by atoms with Crippen molar-refractivity contribution in [1.29, 1.82) is 0 Å². The standard InChI is InChI=1S/C30H40N2O2/c1-4-6-8-13-20-31(21-14-9-7-5-2)28(33)23-32-22-26(25-17-11-10-12-18-25)30(34)29-24(3)16-15-19-27(29)32/h10-12,15-19,22H,4-9,13-14,20-21,23H2,1-3H3. The van der Waals surface area contributed by atoms with E-state index in [2.05, 4.69) is 13.8 Å². The molecule has 1 aromatic heterocycles. The van der Waals surface area contributed by atoms with Gasteiger partial charge in [-0.3, -0.25) is 9.59 Å². The summed E-state index contributed by atoms with van der Waals surface area (Å²) in [5.41, 5.74) is 3.33. The number of nitrogens with zero attached hydrogens (tertiary/aromatic N) is 2. The highest BCUT2D eigenvalue weighted by atomic mass is 16.2. The van der Waals surface area contributed by atoms with Gasteiger partial charge in [-0.1, -0.05) is 94.8 Å². The minimum Gasteiger partial charge on any atom is -0.341 e. The van der Waals surface area contributed by atoms with Gasteiger partial charge >= 0.3 is 0 Å². The predicted octanol–water partition coefficient (Wildman–Crippen LogP) is 6.97. The molecule has 2 aromatic carbocycles. The fraction of sp³-hybridized carbons (Fsp3) is 0.467. The Morgan fingerprint density at radius 2 is 1.47 bits per heavy atom. The van der Waals surface area contributed by atoms with Gasteiger partial charge in [-0.2, -0.15) is 0 Å². The van der Waals surface area contributed by atoms with Crippen molar-refractivity contribution in [1.82, 2.24) is 9.47 Å². The summed E-state index contributed by atoms with van der Waals surface area (Å²) in [6, 6.07) is 15.7. The molecule has 0 unspecified atom stereocenters. The van der Waals surface area contributed by atoms with E-state index in [1.165, 1.54) is 25.7 Å². The molecule has 0 bridgehead atoms. The maximum Gasteiger partial charge on any atom is 0.242 e. The number of hydrogen-bond acceptors (Lipinski definition) is 2. The third-order valence-electron chi connectivity index (χ3n) is 6.62. The van der Waals surface area contributed by atoms with Crippen molar-refractivity contribution in [3.05, 3.63) is 70.5 Å². The second-order valence-corrected chi connectivity index (χ2v) is 9.34. The first-order valence-electron chi connectivity index (χ1n) is 13.0. The molecular weight excluding hydrogens is 420 g/mol. The summed E-state index contributed by atoms with van der Waals surface area (Å²) in [5, 5.41) is 0.703. The van der Waals surface area contributed by atoms with E-state index < -0.39 is 0 Å². The summed E-state index contributed by atoms with van der Waals surface area (Å²) in [6.45, 7) is 8.27. The minimum absolute atomic E-state index is 0.0268. The lowest BCUT2D eigenvalue weighted by molar-refractivity contribution is -0.132. The van der Waals surface area contributed by atoms with Crippen LogP contribution in [0.2, 0.25) is 0 Å². The number of carbonyl (C=O) groups excluding carboxylic acids is 1. The maximum atomic E-state index is 13.5. The molecule has 182 valence electrons. The first kappa shape index (κ1) is 25.7. The summed E-state index contributed by atoms with van der Waals surface area (Å²) in [4.78, 5) is 29.0. The van der Waals surface area contributed by atoms with Crippen LogP contribution in [0, 0.1) is 6.92 Å². The van der Waals surface area contributed by atoms with Crippen LogP contribution in [0.1, 0.15) is 70.8 Å². The first-order valence-corrected chi connectivity index (χ1v) is 13.0. The highest BCUT2D eigenvalue weighted by Crippen LogP contribution is 2.22. The van der Waals surface area contributed by atoms with Gasteiger partial charge in [0.25, 0.3) is 0 Å². The molecule has 1 heterocycles. The number of hydrogen-bond donors (Lipinski definition) is 0. The molecule has 0 saturated carbocycles. The van der Waals surface area contributed by atoms with Crippen LogP contribution in [0.3, 0.4) is 0 Å². The predicted molar refractivity (Wildman–Crippen MR) is 143 cm³/mol. The van der Waals surface area contributed by atoms with E-state index in [1.807, 2.05) is 71.1 Å². The van der Waals surface area contributed by atoms with Gasteiger partial charge in [0.15, 0.2) is 5.43 Å². The van der Waals surface area contributed by atoms with E-state index in [0.717, 1.165) is 55.4 Å². The number of aryl methyl sites for hydroxylation is 1. The lowest BCUT2D eigenvalue weighted by Crippen LogP contribution is -2.36. The van der Waals surface area contributed by atoms with Crippen LogP contribution in [0.15, 0.2) is 59.5 Å². The third-order valence-corrected chi connectivity index (χ3v) is 6.62. The summed E-state index contributed by atoms with van der Waals surface area (Å²) in [6.07, 6.45) is 11.1. The molecule has 34 heavy (non-hydrogen) atoms. The monoisotopic (exact) mass is 460 g/mol. The second kappa shape index (κ2) is 13.1. The molecule has 0 atom stereocenters. The number of carbonyl (C=O) groups is 1. The Morgan fingerprint density at radius 3 is 2.09 bits per heavy atom. The summed E-state index contributed by atoms with van der Waals surface area (Å²) < 4.78 is 1.99. The normalized spacial score (nSPS) is 11.1. The quantitative estimate of drug-likeness (QED) is 0.259. The topological polar surface area (TPSA) is 42.3 Å². The van der Waals surface area contributed by atoms with Crippen molar-refractivity contribution in [2.24, 2.45) is 0 Å². The molecule has 4 nitrogen and oxygen atoms in total. The number of pyridine rings is 1. The minimum atomic E-state index is 0.0268. The zero-order valence-corrected chi connectivity index (χ0v) is 21.2. The Kier molecular flexibility index (Phi) is 9.93. The number of aromatic nitrogens is 1. The van der Waals surface area contributed by atoms with Crippen molar-refractivity contribution < 1.29 is 4.79 Å². The van der Waals surface area contributed by atoms with Crippen LogP contribution in [-0.4, -0.2) is 28.5 Å². The van der Waals surface area contributed by atoms with Crippen molar-refractivity contribution in [2.75, 3.05) is 13.1 Å². The molecule has 1 amide bonds.